The van der Waals surface area contributed by atoms with Gasteiger partial charge in [0.2, 0.25) is 17.6 Å². The summed E-state index contributed by atoms with van der Waals surface area (Å²) in [4.78, 5) is 26.3. The maximum Gasteiger partial charge on any atom is 0.227 e. The second-order valence-electron chi connectivity index (χ2n) is 5.93. The average Bonchev–Trinajstić information content (AvgIpc) is 3.05. The number of anilines is 1. The molecule has 0 aromatic heterocycles. The van der Waals surface area contributed by atoms with Crippen molar-refractivity contribution in [3.63, 3.8) is 0 Å². The van der Waals surface area contributed by atoms with Gasteiger partial charge in [0, 0.05) is 45.4 Å². The molecule has 0 aliphatic carbocycles. The molecule has 8 heteroatoms. The maximum absolute atomic E-state index is 12.4. The van der Waals surface area contributed by atoms with Crippen LogP contribution in [0, 0.1) is 5.92 Å². The zero-order valence-corrected chi connectivity index (χ0v) is 15.7. The van der Waals surface area contributed by atoms with E-state index < -0.39 is 0 Å². The normalized spacial score (nSPS) is 16.5. The molecule has 0 spiro atoms. The van der Waals surface area contributed by atoms with E-state index >= 15 is 0 Å². The number of hydrogen-bond donors (Lipinski definition) is 1. The minimum Gasteiger partial charge on any atom is -0.493 e. The molecule has 0 saturated carbocycles. The van der Waals surface area contributed by atoms with Crippen molar-refractivity contribution in [2.45, 2.75) is 12.8 Å². The van der Waals surface area contributed by atoms with Gasteiger partial charge in [0.15, 0.2) is 11.5 Å². The lowest BCUT2D eigenvalue weighted by molar-refractivity contribution is -0.126. The lowest BCUT2D eigenvalue weighted by Gasteiger charge is -2.20. The minimum absolute atomic E-state index is 0.115. The monoisotopic (exact) mass is 366 g/mol. The number of rotatable bonds is 9. The predicted octanol–water partition coefficient (Wildman–Crippen LogP) is 1.22. The van der Waals surface area contributed by atoms with Gasteiger partial charge >= 0.3 is 0 Å². The van der Waals surface area contributed by atoms with Crippen LogP contribution < -0.4 is 24.4 Å². The van der Waals surface area contributed by atoms with Crippen molar-refractivity contribution in [1.29, 1.82) is 0 Å². The van der Waals surface area contributed by atoms with E-state index in [-0.39, 0.29) is 24.2 Å². The number of nitrogens with one attached hydrogen (secondary N) is 1. The van der Waals surface area contributed by atoms with Crippen LogP contribution >= 0.6 is 0 Å². The summed E-state index contributed by atoms with van der Waals surface area (Å²) in [6.45, 7) is 1.43. The van der Waals surface area contributed by atoms with Gasteiger partial charge < -0.3 is 29.2 Å². The molecule has 1 aromatic rings. The molecule has 1 N–H and O–H groups in total. The van der Waals surface area contributed by atoms with Gasteiger partial charge in [-0.1, -0.05) is 0 Å². The van der Waals surface area contributed by atoms with E-state index in [1.165, 1.54) is 21.3 Å². The van der Waals surface area contributed by atoms with E-state index in [1.54, 1.807) is 24.1 Å². The molecule has 1 atom stereocenters. The Balaban J connectivity index is 2.12. The summed E-state index contributed by atoms with van der Waals surface area (Å²) in [5.41, 5.74) is 0.610. The van der Waals surface area contributed by atoms with E-state index in [1.807, 2.05) is 0 Å². The third-order valence-electron chi connectivity index (χ3n) is 4.28. The van der Waals surface area contributed by atoms with Crippen molar-refractivity contribution in [1.82, 2.24) is 5.32 Å². The van der Waals surface area contributed by atoms with Crippen molar-refractivity contribution in [3.05, 3.63) is 12.1 Å². The first-order chi connectivity index (χ1) is 12.5. The minimum atomic E-state index is -0.385. The van der Waals surface area contributed by atoms with Gasteiger partial charge in [-0.2, -0.15) is 0 Å². The summed E-state index contributed by atoms with van der Waals surface area (Å²) in [5, 5.41) is 2.85. The van der Waals surface area contributed by atoms with Crippen LogP contribution in [-0.4, -0.2) is 59.9 Å². The maximum atomic E-state index is 12.4. The van der Waals surface area contributed by atoms with Crippen molar-refractivity contribution < 1.29 is 28.5 Å². The van der Waals surface area contributed by atoms with Crippen molar-refractivity contribution in [2.24, 2.45) is 5.92 Å². The highest BCUT2D eigenvalue weighted by molar-refractivity contribution is 6.00. The van der Waals surface area contributed by atoms with Crippen molar-refractivity contribution >= 4 is 17.5 Å². The van der Waals surface area contributed by atoms with Crippen LogP contribution in [0.5, 0.6) is 17.2 Å². The van der Waals surface area contributed by atoms with E-state index in [4.69, 9.17) is 18.9 Å². The molecule has 26 heavy (non-hydrogen) atoms. The largest absolute Gasteiger partial charge is 0.493 e. The topological polar surface area (TPSA) is 86.3 Å². The van der Waals surface area contributed by atoms with Gasteiger partial charge in [-0.05, 0) is 6.42 Å². The SMILES string of the molecule is COCCCNC(=O)C1CC(=O)N(c2cc(OC)c(OC)c(OC)c2)C1. The predicted molar refractivity (Wildman–Crippen MR) is 96.1 cm³/mol. The van der Waals surface area contributed by atoms with E-state index in [0.29, 0.717) is 42.6 Å². The Labute approximate surface area is 153 Å². The van der Waals surface area contributed by atoms with Crippen LogP contribution in [0.3, 0.4) is 0 Å². The lowest BCUT2D eigenvalue weighted by Crippen LogP contribution is -2.33. The molecule has 1 saturated heterocycles. The molecule has 1 aromatic carbocycles. The highest BCUT2D eigenvalue weighted by Crippen LogP contribution is 2.42. The molecule has 2 rings (SSSR count). The first kappa shape index (κ1) is 19.8. The molecule has 1 unspecified atom stereocenters. The standard InChI is InChI=1S/C18H26N2O6/c1-23-7-5-6-19-18(22)12-8-16(21)20(11-12)13-9-14(24-2)17(26-4)15(10-13)25-3/h9-10,12H,5-8,11H2,1-4H3,(H,19,22). The van der Waals surface area contributed by atoms with Gasteiger partial charge in [0.1, 0.15) is 0 Å². The Bertz CT molecular complexity index is 624. The van der Waals surface area contributed by atoms with E-state index in [9.17, 15) is 9.59 Å². The number of hydrogen-bond acceptors (Lipinski definition) is 6. The number of amides is 2. The van der Waals surface area contributed by atoms with Crippen molar-refractivity contribution in [2.75, 3.05) is 53.0 Å². The zero-order valence-electron chi connectivity index (χ0n) is 15.7. The molecule has 1 fully saturated rings. The van der Waals surface area contributed by atoms with Crippen molar-refractivity contribution in [3.8, 4) is 17.2 Å². The Morgan fingerprint density at radius 1 is 1.15 bits per heavy atom. The van der Waals surface area contributed by atoms with Gasteiger partial charge in [0.05, 0.1) is 32.9 Å². The molecule has 0 bridgehead atoms. The number of nitrogens with zero attached hydrogens (tertiary/aromatic N) is 1. The average molecular weight is 366 g/mol. The van der Waals surface area contributed by atoms with Crippen LogP contribution in [0.15, 0.2) is 12.1 Å². The highest BCUT2D eigenvalue weighted by atomic mass is 16.5. The van der Waals surface area contributed by atoms with Gasteiger partial charge in [-0.25, -0.2) is 0 Å². The lowest BCUT2D eigenvalue weighted by atomic mass is 10.1. The van der Waals surface area contributed by atoms with Crippen LogP contribution in [0.4, 0.5) is 5.69 Å². The van der Waals surface area contributed by atoms with Gasteiger partial charge in [-0.15, -0.1) is 0 Å². The summed E-state index contributed by atoms with van der Waals surface area (Å²) in [7, 11) is 6.17. The molecule has 1 heterocycles. The molecule has 0 radical (unpaired) electrons. The number of benzene rings is 1. The van der Waals surface area contributed by atoms with Crippen LogP contribution in [0.25, 0.3) is 0 Å². The fourth-order valence-electron chi connectivity index (χ4n) is 2.93. The summed E-state index contributed by atoms with van der Waals surface area (Å²) < 4.78 is 20.9. The molecule has 1 aliphatic rings. The fraction of sp³-hybridized carbons (Fsp3) is 0.556. The second-order valence-corrected chi connectivity index (χ2v) is 5.93. The number of carbonyl (C=O) groups excluding carboxylic acids is 2. The molecule has 8 nitrogen and oxygen atoms in total. The summed E-state index contributed by atoms with van der Waals surface area (Å²) in [5.74, 6) is 0.756. The second kappa shape index (κ2) is 9.28. The number of methoxy groups -OCH3 is 4. The Morgan fingerprint density at radius 3 is 2.35 bits per heavy atom. The van der Waals surface area contributed by atoms with E-state index in [0.717, 1.165) is 6.42 Å². The Morgan fingerprint density at radius 2 is 1.81 bits per heavy atom. The van der Waals surface area contributed by atoms with Crippen LogP contribution in [-0.2, 0) is 14.3 Å². The molecular formula is C18H26N2O6. The van der Waals surface area contributed by atoms with Crippen LogP contribution in [0.2, 0.25) is 0 Å². The van der Waals surface area contributed by atoms with E-state index in [2.05, 4.69) is 5.32 Å². The van der Waals surface area contributed by atoms with Gasteiger partial charge in [0.25, 0.3) is 0 Å². The molecule has 1 aliphatic heterocycles. The molecular weight excluding hydrogens is 340 g/mol. The molecule has 2 amide bonds. The number of ether oxygens (including phenoxy) is 4. The molecule has 144 valence electrons. The van der Waals surface area contributed by atoms with Crippen LogP contribution in [0.1, 0.15) is 12.8 Å². The quantitative estimate of drug-likeness (QED) is 0.662. The zero-order chi connectivity index (χ0) is 19.1. The summed E-state index contributed by atoms with van der Waals surface area (Å²) >= 11 is 0. The fourth-order valence-corrected chi connectivity index (χ4v) is 2.93. The third-order valence-corrected chi connectivity index (χ3v) is 4.28. The summed E-state index contributed by atoms with van der Waals surface area (Å²) in [6, 6.07) is 3.41. The highest BCUT2D eigenvalue weighted by Gasteiger charge is 2.35. The third kappa shape index (κ3) is 4.37. The first-order valence-corrected chi connectivity index (χ1v) is 8.42. The number of carbonyl (C=O) groups is 2. The summed E-state index contributed by atoms with van der Waals surface area (Å²) in [6.07, 6.45) is 0.909. The first-order valence-electron chi connectivity index (χ1n) is 8.42. The Hall–Kier alpha value is -2.48. The van der Waals surface area contributed by atoms with Gasteiger partial charge in [-0.3, -0.25) is 9.59 Å². The Kier molecular flexibility index (Phi) is 7.08. The smallest absolute Gasteiger partial charge is 0.227 e.